The van der Waals surface area contributed by atoms with Crippen LogP contribution in [-0.4, -0.2) is 76.8 Å². The minimum atomic E-state index is -1.12. The number of aliphatic hydroxyl groups is 1. The molecule has 0 radical (unpaired) electrons. The molecule has 0 spiro atoms. The number of ketones is 1. The summed E-state index contributed by atoms with van der Waals surface area (Å²) in [5, 5.41) is 21.8. The van der Waals surface area contributed by atoms with Gasteiger partial charge in [-0.3, -0.25) is 19.2 Å². The molecule has 0 bridgehead atoms. The van der Waals surface area contributed by atoms with E-state index in [1.54, 1.807) is 18.2 Å². The maximum Gasteiger partial charge on any atom is 0.315 e. The second-order valence-corrected chi connectivity index (χ2v) is 14.7. The van der Waals surface area contributed by atoms with Crippen molar-refractivity contribution in [2.75, 3.05) is 13.1 Å². The Morgan fingerprint density at radius 1 is 1.08 bits per heavy atom. The number of furan rings is 1. The van der Waals surface area contributed by atoms with Crippen LogP contribution in [0.25, 0.3) is 0 Å². The van der Waals surface area contributed by atoms with Crippen LogP contribution in [-0.2, 0) is 19.2 Å². The molecule has 5 N–H and O–H groups in total. The van der Waals surface area contributed by atoms with Crippen molar-refractivity contribution in [2.24, 2.45) is 22.7 Å². The van der Waals surface area contributed by atoms with Crippen LogP contribution in [0.5, 0.6) is 0 Å². The van der Waals surface area contributed by atoms with Gasteiger partial charge in [0.05, 0.1) is 18.3 Å². The van der Waals surface area contributed by atoms with Gasteiger partial charge in [-0.1, -0.05) is 80.4 Å². The van der Waals surface area contributed by atoms with Gasteiger partial charge >= 0.3 is 6.03 Å². The second-order valence-electron chi connectivity index (χ2n) is 14.7. The smallest absolute Gasteiger partial charge is 0.315 e. The number of aliphatic hydroxyl groups excluding tert-OH is 1. The highest BCUT2D eigenvalue weighted by Crippen LogP contribution is 2.39. The topological polar surface area (TPSA) is 170 Å². The number of amides is 5. The Morgan fingerprint density at radius 2 is 1.75 bits per heavy atom. The minimum Gasteiger partial charge on any atom is -0.467 e. The van der Waals surface area contributed by atoms with Crippen molar-refractivity contribution >= 4 is 29.5 Å². The fraction of sp³-hybridized carbons (Fsp3) is 0.639. The van der Waals surface area contributed by atoms with Crippen molar-refractivity contribution < 1.29 is 33.5 Å². The third-order valence-corrected chi connectivity index (χ3v) is 9.15. The largest absolute Gasteiger partial charge is 0.467 e. The molecule has 12 nitrogen and oxygen atoms in total. The van der Waals surface area contributed by atoms with Crippen LogP contribution in [0, 0.1) is 22.7 Å². The maximum absolute atomic E-state index is 14.4. The van der Waals surface area contributed by atoms with E-state index in [1.807, 2.05) is 55.4 Å². The van der Waals surface area contributed by atoms with Crippen LogP contribution >= 0.6 is 0 Å². The molecule has 2 unspecified atom stereocenters. The van der Waals surface area contributed by atoms with E-state index in [9.17, 15) is 29.1 Å². The number of likely N-dealkylation sites (tertiary alicyclic amines) is 1. The number of Topliss-reactive ketones (excluding diaryl/α,β-unsaturated/α-hetero) is 1. The summed E-state index contributed by atoms with van der Waals surface area (Å²) in [7, 11) is 0. The van der Waals surface area contributed by atoms with Crippen LogP contribution in [0.1, 0.15) is 92.9 Å². The van der Waals surface area contributed by atoms with Crippen LogP contribution < -0.4 is 21.3 Å². The maximum atomic E-state index is 14.4. The highest BCUT2D eigenvalue weighted by molar-refractivity contribution is 6.38. The van der Waals surface area contributed by atoms with E-state index in [-0.39, 0.29) is 31.3 Å². The molecule has 1 saturated heterocycles. The van der Waals surface area contributed by atoms with Crippen molar-refractivity contribution in [1.82, 2.24) is 26.2 Å². The zero-order chi connectivity index (χ0) is 36.4. The Balaban J connectivity index is 2.39. The number of allylic oxidation sites excluding steroid dienone is 1. The molecule has 268 valence electrons. The summed E-state index contributed by atoms with van der Waals surface area (Å²) in [4.78, 5) is 68.9. The fourth-order valence-corrected chi connectivity index (χ4v) is 5.77. The Bertz CT molecular complexity index is 1280. The number of carbonyl (C=O) groups excluding carboxylic acids is 5. The lowest BCUT2D eigenvalue weighted by Crippen LogP contribution is -2.61. The standard InChI is InChI=1S/C36H57N5O7/c1-11-14-16-24(28(42)32(45)37-18-12-2)38-31(44)25-20-23(36(9,10)13-3)21-41(25)33(46)30(35(6,7)8)40-34(47)39-27(22(4)5)29(43)26-17-15-19-48-26/h12-13,15,17,19,22-25,27,29-30,43H,2-3,11,14,16,18,20-21H2,1,4-10H3,(H,37,45)(H,38,44)(H2,39,40,47)/t23-,24?,25+,27+,29?,30-/m1/s1. The monoisotopic (exact) mass is 671 g/mol. The van der Waals surface area contributed by atoms with Gasteiger partial charge < -0.3 is 35.7 Å². The molecule has 1 aromatic heterocycles. The van der Waals surface area contributed by atoms with Crippen molar-refractivity contribution in [3.05, 3.63) is 49.5 Å². The first-order chi connectivity index (χ1) is 22.4. The summed E-state index contributed by atoms with van der Waals surface area (Å²) >= 11 is 0. The third kappa shape index (κ3) is 10.5. The van der Waals surface area contributed by atoms with Gasteiger partial charge in [0.25, 0.3) is 5.91 Å². The lowest BCUT2D eigenvalue weighted by atomic mass is 9.77. The van der Waals surface area contributed by atoms with Crippen LogP contribution in [0.2, 0.25) is 0 Å². The van der Waals surface area contributed by atoms with Gasteiger partial charge in [0, 0.05) is 13.1 Å². The molecule has 48 heavy (non-hydrogen) atoms. The molecule has 1 aliphatic heterocycles. The quantitative estimate of drug-likeness (QED) is 0.123. The van der Waals surface area contributed by atoms with Crippen LogP contribution in [0.4, 0.5) is 4.79 Å². The van der Waals surface area contributed by atoms with Crippen molar-refractivity contribution in [3.63, 3.8) is 0 Å². The number of nitrogens with one attached hydrogen (secondary N) is 4. The van der Waals surface area contributed by atoms with Gasteiger partial charge in [-0.2, -0.15) is 0 Å². The Hall–Kier alpha value is -3.93. The molecule has 2 rings (SSSR count). The van der Waals surface area contributed by atoms with Crippen molar-refractivity contribution in [1.29, 1.82) is 0 Å². The molecule has 1 aromatic rings. The number of hydrogen-bond donors (Lipinski definition) is 5. The van der Waals surface area contributed by atoms with Crippen molar-refractivity contribution in [3.8, 4) is 0 Å². The van der Waals surface area contributed by atoms with Crippen LogP contribution in [0.15, 0.2) is 48.1 Å². The molecule has 6 atom stereocenters. The zero-order valence-corrected chi connectivity index (χ0v) is 29.9. The third-order valence-electron chi connectivity index (χ3n) is 9.15. The number of urea groups is 1. The molecular weight excluding hydrogens is 614 g/mol. The van der Waals surface area contributed by atoms with E-state index in [0.717, 1.165) is 6.42 Å². The van der Waals surface area contributed by atoms with E-state index in [4.69, 9.17) is 4.42 Å². The van der Waals surface area contributed by atoms with Crippen molar-refractivity contribution in [2.45, 2.75) is 111 Å². The number of carbonyl (C=O) groups is 5. The summed E-state index contributed by atoms with van der Waals surface area (Å²) in [6.45, 7) is 22.9. The number of unbranched alkanes of at least 4 members (excludes halogenated alkanes) is 1. The van der Waals surface area contributed by atoms with Gasteiger partial charge in [-0.25, -0.2) is 4.79 Å². The van der Waals surface area contributed by atoms with Gasteiger partial charge in [-0.15, -0.1) is 13.2 Å². The predicted molar refractivity (Wildman–Crippen MR) is 184 cm³/mol. The number of hydrogen-bond acceptors (Lipinski definition) is 7. The first kappa shape index (κ1) is 40.2. The average Bonchev–Trinajstić information content (AvgIpc) is 3.73. The van der Waals surface area contributed by atoms with Crippen LogP contribution in [0.3, 0.4) is 0 Å². The predicted octanol–water partition coefficient (Wildman–Crippen LogP) is 4.03. The molecule has 2 heterocycles. The number of rotatable bonds is 17. The Morgan fingerprint density at radius 3 is 2.27 bits per heavy atom. The highest BCUT2D eigenvalue weighted by atomic mass is 16.4. The fourth-order valence-electron chi connectivity index (χ4n) is 5.77. The van der Waals surface area contributed by atoms with Gasteiger partial charge in [0.1, 0.15) is 23.9 Å². The first-order valence-electron chi connectivity index (χ1n) is 16.8. The van der Waals surface area contributed by atoms with E-state index in [2.05, 4.69) is 34.4 Å². The first-order valence-corrected chi connectivity index (χ1v) is 16.8. The average molecular weight is 672 g/mol. The number of nitrogens with zero attached hydrogens (tertiary/aromatic N) is 1. The molecular formula is C36H57N5O7. The lowest BCUT2D eigenvalue weighted by molar-refractivity contribution is -0.143. The molecule has 1 fully saturated rings. The highest BCUT2D eigenvalue weighted by Gasteiger charge is 2.48. The molecule has 1 aliphatic rings. The van der Waals surface area contributed by atoms with Gasteiger partial charge in [0.2, 0.25) is 17.6 Å². The normalized spacial score (nSPS) is 19.1. The second kappa shape index (κ2) is 17.5. The summed E-state index contributed by atoms with van der Waals surface area (Å²) in [5.41, 5.74) is -1.22. The summed E-state index contributed by atoms with van der Waals surface area (Å²) in [6, 6.07) is -1.21. The molecule has 5 amide bonds. The molecule has 0 aromatic carbocycles. The van der Waals surface area contributed by atoms with E-state index < -0.39 is 70.6 Å². The minimum absolute atomic E-state index is 0.108. The van der Waals surface area contributed by atoms with E-state index >= 15 is 0 Å². The SMILES string of the molecule is C=CCNC(=O)C(=O)C(CCCC)NC(=O)[C@@H]1C[C@@H](C(C)(C)C=C)CN1C(=O)[C@@H](NC(=O)N[C@@H](C(C)C)C(O)c1ccco1)C(C)(C)C. The summed E-state index contributed by atoms with van der Waals surface area (Å²) in [5.74, 6) is -2.63. The van der Waals surface area contributed by atoms with E-state index in [1.165, 1.54) is 17.2 Å². The molecule has 0 saturated carbocycles. The summed E-state index contributed by atoms with van der Waals surface area (Å²) < 4.78 is 5.35. The van der Waals surface area contributed by atoms with E-state index in [0.29, 0.717) is 18.6 Å². The summed E-state index contributed by atoms with van der Waals surface area (Å²) in [6.07, 6.45) is 5.47. The van der Waals surface area contributed by atoms with Gasteiger partial charge in [0.15, 0.2) is 0 Å². The Labute approximate surface area is 285 Å². The molecule has 12 heteroatoms. The van der Waals surface area contributed by atoms with Gasteiger partial charge in [-0.05, 0) is 47.6 Å². The zero-order valence-electron chi connectivity index (χ0n) is 29.9. The lowest BCUT2D eigenvalue weighted by Gasteiger charge is -2.36. The Kier molecular flexibility index (Phi) is 14.6. The molecule has 0 aliphatic carbocycles.